The lowest BCUT2D eigenvalue weighted by Crippen LogP contribution is -2.48. The number of halogens is 2. The molecule has 0 N–H and O–H groups in total. The Hall–Kier alpha value is -0.560. The highest BCUT2D eigenvalue weighted by atomic mass is 35.5. The van der Waals surface area contributed by atoms with E-state index in [2.05, 4.69) is 0 Å². The maximum absolute atomic E-state index is 11.2. The Bertz CT molecular complexity index is 367. The molecule has 0 aromatic carbocycles. The molecule has 2 saturated heterocycles. The van der Waals surface area contributed by atoms with E-state index in [1.54, 1.807) is 9.80 Å². The summed E-state index contributed by atoms with van der Waals surface area (Å²) in [6, 6.07) is 0. The van der Waals surface area contributed by atoms with Gasteiger partial charge >= 0.3 is 0 Å². The highest BCUT2D eigenvalue weighted by Gasteiger charge is 2.25. The number of ether oxygens (including phenoxy) is 2. The second-order valence-corrected chi connectivity index (χ2v) is 6.91. The zero-order valence-electron chi connectivity index (χ0n) is 14.8. The van der Waals surface area contributed by atoms with E-state index in [9.17, 15) is 9.59 Å². The van der Waals surface area contributed by atoms with Gasteiger partial charge in [-0.2, -0.15) is 0 Å². The Balaban J connectivity index is 0.000000240. The molecule has 0 radical (unpaired) electrons. The molecule has 24 heavy (non-hydrogen) atoms. The molecule has 2 amide bonds. The summed E-state index contributed by atoms with van der Waals surface area (Å²) in [4.78, 5) is 25.9. The zero-order chi connectivity index (χ0) is 18.3. The van der Waals surface area contributed by atoms with Gasteiger partial charge in [-0.05, 0) is 27.7 Å². The van der Waals surface area contributed by atoms with Crippen LogP contribution in [0, 0.1) is 0 Å². The van der Waals surface area contributed by atoms with Gasteiger partial charge in [-0.1, -0.05) is 0 Å². The monoisotopic (exact) mass is 382 g/mol. The molecule has 140 valence electrons. The first-order valence-corrected chi connectivity index (χ1v) is 9.32. The van der Waals surface area contributed by atoms with Crippen LogP contribution in [0.5, 0.6) is 0 Å². The first kappa shape index (κ1) is 21.5. The van der Waals surface area contributed by atoms with E-state index in [4.69, 9.17) is 32.7 Å². The molecular formula is C16H28Cl2N2O4. The molecule has 2 rings (SSSR count). The number of hydrogen-bond acceptors (Lipinski definition) is 4. The van der Waals surface area contributed by atoms with Gasteiger partial charge in [0.05, 0.1) is 24.4 Å². The van der Waals surface area contributed by atoms with Crippen molar-refractivity contribution in [2.24, 2.45) is 0 Å². The minimum Gasteiger partial charge on any atom is -0.372 e. The topological polar surface area (TPSA) is 59.1 Å². The van der Waals surface area contributed by atoms with Crippen molar-refractivity contribution in [1.29, 1.82) is 0 Å². The van der Waals surface area contributed by atoms with Crippen LogP contribution in [0.1, 0.15) is 27.7 Å². The fourth-order valence-electron chi connectivity index (χ4n) is 2.93. The number of alkyl halides is 2. The zero-order valence-corrected chi connectivity index (χ0v) is 16.3. The van der Waals surface area contributed by atoms with Crippen molar-refractivity contribution < 1.29 is 19.1 Å². The summed E-state index contributed by atoms with van der Waals surface area (Å²) in [7, 11) is 0. The molecule has 0 unspecified atom stereocenters. The molecule has 2 aliphatic rings. The number of nitrogens with zero attached hydrogens (tertiary/aromatic N) is 2. The molecule has 0 saturated carbocycles. The number of amides is 2. The van der Waals surface area contributed by atoms with Gasteiger partial charge in [-0.25, -0.2) is 0 Å². The van der Waals surface area contributed by atoms with Gasteiger partial charge in [-0.15, -0.1) is 23.2 Å². The molecule has 6 nitrogen and oxygen atoms in total. The van der Waals surface area contributed by atoms with Gasteiger partial charge in [-0.3, -0.25) is 9.59 Å². The summed E-state index contributed by atoms with van der Waals surface area (Å²) in [6.07, 6.45) is 0.503. The molecule has 0 spiro atoms. The lowest BCUT2D eigenvalue weighted by atomic mass is 10.2. The maximum Gasteiger partial charge on any atom is 0.237 e. The highest BCUT2D eigenvalue weighted by molar-refractivity contribution is 6.27. The van der Waals surface area contributed by atoms with Crippen LogP contribution in [-0.4, -0.2) is 84.0 Å². The van der Waals surface area contributed by atoms with Crippen molar-refractivity contribution in [3.63, 3.8) is 0 Å². The lowest BCUT2D eigenvalue weighted by molar-refractivity contribution is -0.140. The van der Waals surface area contributed by atoms with Crippen molar-refractivity contribution in [1.82, 2.24) is 9.80 Å². The summed E-state index contributed by atoms with van der Waals surface area (Å²) >= 11 is 10.9. The van der Waals surface area contributed by atoms with Crippen molar-refractivity contribution in [2.45, 2.75) is 52.1 Å². The van der Waals surface area contributed by atoms with Crippen LogP contribution < -0.4 is 0 Å². The summed E-state index contributed by atoms with van der Waals surface area (Å²) < 4.78 is 10.9. The van der Waals surface area contributed by atoms with Gasteiger partial charge in [0.1, 0.15) is 11.8 Å². The highest BCUT2D eigenvalue weighted by Crippen LogP contribution is 2.11. The number of morpholine rings is 2. The van der Waals surface area contributed by atoms with E-state index >= 15 is 0 Å². The molecule has 0 bridgehead atoms. The van der Waals surface area contributed by atoms with Crippen LogP contribution in [0.3, 0.4) is 0 Å². The minimum atomic E-state index is -0.00123. The van der Waals surface area contributed by atoms with E-state index in [1.165, 1.54) is 0 Å². The summed E-state index contributed by atoms with van der Waals surface area (Å²) in [5.74, 6) is 0.135. The van der Waals surface area contributed by atoms with Crippen molar-refractivity contribution in [3.05, 3.63) is 0 Å². The fraction of sp³-hybridized carbons (Fsp3) is 0.875. The smallest absolute Gasteiger partial charge is 0.237 e. The Morgan fingerprint density at radius 1 is 0.750 bits per heavy atom. The third-order valence-corrected chi connectivity index (χ3v) is 4.23. The lowest BCUT2D eigenvalue weighted by Gasteiger charge is -2.34. The van der Waals surface area contributed by atoms with Gasteiger partial charge in [0.25, 0.3) is 0 Å². The quantitative estimate of drug-likeness (QED) is 0.682. The molecule has 2 fully saturated rings. The largest absolute Gasteiger partial charge is 0.372 e. The summed E-state index contributed by atoms with van der Waals surface area (Å²) in [5.41, 5.74) is 0. The molecular weight excluding hydrogens is 355 g/mol. The van der Waals surface area contributed by atoms with Gasteiger partial charge in [0.2, 0.25) is 11.8 Å². The first-order valence-electron chi connectivity index (χ1n) is 8.25. The number of carbonyl (C=O) groups is 2. The number of carbonyl (C=O) groups excluding carboxylic acids is 2. The van der Waals surface area contributed by atoms with Gasteiger partial charge in [0, 0.05) is 26.2 Å². The third-order valence-electron chi connectivity index (χ3n) is 3.77. The minimum absolute atomic E-state index is 0.00123. The molecule has 2 heterocycles. The Labute approximate surface area is 154 Å². The molecule has 8 heteroatoms. The van der Waals surface area contributed by atoms with E-state index in [0.29, 0.717) is 26.2 Å². The average molecular weight is 383 g/mol. The van der Waals surface area contributed by atoms with Crippen molar-refractivity contribution >= 4 is 35.0 Å². The predicted octanol–water partition coefficient (Wildman–Crippen LogP) is 1.72. The Morgan fingerprint density at radius 2 is 1.00 bits per heavy atom. The van der Waals surface area contributed by atoms with Gasteiger partial charge in [0.15, 0.2) is 0 Å². The predicted molar refractivity (Wildman–Crippen MR) is 94.6 cm³/mol. The molecule has 0 aromatic heterocycles. The van der Waals surface area contributed by atoms with Gasteiger partial charge < -0.3 is 19.3 Å². The summed E-state index contributed by atoms with van der Waals surface area (Å²) in [5, 5.41) is 0. The molecule has 0 aromatic rings. The molecule has 0 aliphatic carbocycles. The SMILES string of the molecule is C[C@@H]1CN(C(=O)CCl)C[C@H](C)O1.C[C@@H]1CN(C(=O)CCl)C[C@H](C)O1. The van der Waals surface area contributed by atoms with Crippen molar-refractivity contribution in [2.75, 3.05) is 37.9 Å². The Kier molecular flexibility index (Phi) is 9.34. The van der Waals surface area contributed by atoms with Crippen LogP contribution in [-0.2, 0) is 19.1 Å². The van der Waals surface area contributed by atoms with Crippen molar-refractivity contribution in [3.8, 4) is 0 Å². The van der Waals surface area contributed by atoms with E-state index in [1.807, 2.05) is 27.7 Å². The van der Waals surface area contributed by atoms with E-state index in [-0.39, 0.29) is 48.0 Å². The van der Waals surface area contributed by atoms with Crippen LogP contribution >= 0.6 is 23.2 Å². The van der Waals surface area contributed by atoms with E-state index in [0.717, 1.165) is 0 Å². The standard InChI is InChI=1S/2C8H14ClNO2/c2*1-6-4-10(8(11)3-9)5-7(2)12-6/h2*6-7H,3-5H2,1-2H3/t2*6-,7+. The average Bonchev–Trinajstić information content (AvgIpc) is 2.52. The van der Waals surface area contributed by atoms with Crippen LogP contribution in [0.4, 0.5) is 0 Å². The van der Waals surface area contributed by atoms with E-state index < -0.39 is 0 Å². The molecule has 4 atom stereocenters. The summed E-state index contributed by atoms with van der Waals surface area (Å²) in [6.45, 7) is 10.5. The maximum atomic E-state index is 11.2. The Morgan fingerprint density at radius 3 is 1.21 bits per heavy atom. The molecule has 2 aliphatic heterocycles. The second-order valence-electron chi connectivity index (χ2n) is 6.38. The van der Waals surface area contributed by atoms with Crippen LogP contribution in [0.15, 0.2) is 0 Å². The first-order chi connectivity index (χ1) is 11.3. The third kappa shape index (κ3) is 7.13. The second kappa shape index (κ2) is 10.4. The van der Waals surface area contributed by atoms with Crippen LogP contribution in [0.2, 0.25) is 0 Å². The fourth-order valence-corrected chi connectivity index (χ4v) is 3.27. The van der Waals surface area contributed by atoms with Crippen LogP contribution in [0.25, 0.3) is 0 Å². The number of rotatable bonds is 2. The number of hydrogen-bond donors (Lipinski definition) is 0. The normalized spacial score (nSPS) is 30.4.